The van der Waals surface area contributed by atoms with E-state index in [1.165, 1.54) is 16.8 Å². The van der Waals surface area contributed by atoms with Crippen molar-refractivity contribution >= 4 is 35.2 Å². The molecular weight excluding hydrogens is 550 g/mol. The highest BCUT2D eigenvalue weighted by Crippen LogP contribution is 2.32. The van der Waals surface area contributed by atoms with Crippen molar-refractivity contribution in [2.24, 2.45) is 0 Å². The SMILES string of the molecule is O=C(CCCc1cn(Cc2cc(=O)c(O)co2)nn1)NCCNc1cccc2c1C(=O)N(C1CCC(=O)NC1=O)C2=O. The van der Waals surface area contributed by atoms with E-state index in [2.05, 4.69) is 26.3 Å². The molecule has 218 valence electrons. The zero-order valence-electron chi connectivity index (χ0n) is 22.3. The van der Waals surface area contributed by atoms with E-state index in [4.69, 9.17) is 4.42 Å². The van der Waals surface area contributed by atoms with Gasteiger partial charge >= 0.3 is 0 Å². The van der Waals surface area contributed by atoms with Crippen LogP contribution in [0.2, 0.25) is 0 Å². The van der Waals surface area contributed by atoms with Gasteiger partial charge in [-0.1, -0.05) is 11.3 Å². The zero-order chi connectivity index (χ0) is 29.8. The van der Waals surface area contributed by atoms with Crippen LogP contribution in [-0.2, 0) is 27.3 Å². The summed E-state index contributed by atoms with van der Waals surface area (Å²) in [4.78, 5) is 74.5. The van der Waals surface area contributed by atoms with Crippen LogP contribution in [0.25, 0.3) is 0 Å². The molecular formula is C27H27N7O8. The summed E-state index contributed by atoms with van der Waals surface area (Å²) in [6.45, 7) is 0.703. The molecule has 4 N–H and O–H groups in total. The number of piperidine rings is 1. The van der Waals surface area contributed by atoms with E-state index < -0.39 is 40.8 Å². The first-order chi connectivity index (χ1) is 20.2. The summed E-state index contributed by atoms with van der Waals surface area (Å²) in [7, 11) is 0. The van der Waals surface area contributed by atoms with Gasteiger partial charge in [-0.05, 0) is 31.4 Å². The molecule has 0 bridgehead atoms. The van der Waals surface area contributed by atoms with Gasteiger partial charge in [-0.15, -0.1) is 5.10 Å². The highest BCUT2D eigenvalue weighted by Gasteiger charge is 2.45. The van der Waals surface area contributed by atoms with Gasteiger partial charge in [0, 0.05) is 43.9 Å². The number of aryl methyl sites for hydroxylation is 1. The third-order valence-electron chi connectivity index (χ3n) is 6.84. The van der Waals surface area contributed by atoms with Gasteiger partial charge in [-0.25, -0.2) is 4.68 Å². The van der Waals surface area contributed by atoms with Gasteiger partial charge in [0.1, 0.15) is 24.6 Å². The first-order valence-corrected chi connectivity index (χ1v) is 13.3. The van der Waals surface area contributed by atoms with Crippen molar-refractivity contribution in [3.8, 4) is 5.75 Å². The molecule has 3 aromatic rings. The van der Waals surface area contributed by atoms with Crippen molar-refractivity contribution in [2.45, 2.75) is 44.7 Å². The lowest BCUT2D eigenvalue weighted by Gasteiger charge is -2.27. The van der Waals surface area contributed by atoms with Crippen molar-refractivity contribution in [3.63, 3.8) is 0 Å². The molecule has 2 aliphatic rings. The fourth-order valence-corrected chi connectivity index (χ4v) is 4.80. The van der Waals surface area contributed by atoms with Crippen LogP contribution in [0.5, 0.6) is 5.75 Å². The Hall–Kier alpha value is -5.34. The van der Waals surface area contributed by atoms with Crippen molar-refractivity contribution in [3.05, 3.63) is 69.5 Å². The number of rotatable bonds is 11. The van der Waals surface area contributed by atoms with E-state index in [0.29, 0.717) is 30.0 Å². The molecule has 1 unspecified atom stereocenters. The predicted octanol–water partition coefficient (Wildman–Crippen LogP) is -0.0626. The number of imide groups is 2. The minimum atomic E-state index is -1.05. The Kier molecular flexibility index (Phi) is 8.08. The van der Waals surface area contributed by atoms with Gasteiger partial charge in [-0.3, -0.25) is 39.0 Å². The number of anilines is 1. The summed E-state index contributed by atoms with van der Waals surface area (Å²) in [5.74, 6) is -2.65. The van der Waals surface area contributed by atoms with Gasteiger partial charge in [-0.2, -0.15) is 0 Å². The molecule has 0 aliphatic carbocycles. The average Bonchev–Trinajstić information content (AvgIpc) is 3.50. The van der Waals surface area contributed by atoms with Crippen molar-refractivity contribution < 1.29 is 33.5 Å². The maximum absolute atomic E-state index is 13.1. The number of carbonyl (C=O) groups is 5. The Labute approximate surface area is 237 Å². The minimum absolute atomic E-state index is 0.0383. The molecule has 0 radical (unpaired) electrons. The van der Waals surface area contributed by atoms with Gasteiger partial charge in [0.05, 0.1) is 16.8 Å². The molecule has 15 heteroatoms. The lowest BCUT2D eigenvalue weighted by Crippen LogP contribution is -2.54. The number of nitrogens with zero attached hydrogens (tertiary/aromatic N) is 4. The number of hydrogen-bond acceptors (Lipinski definition) is 11. The van der Waals surface area contributed by atoms with E-state index >= 15 is 0 Å². The molecule has 1 aromatic carbocycles. The van der Waals surface area contributed by atoms with Crippen molar-refractivity contribution in [1.29, 1.82) is 0 Å². The van der Waals surface area contributed by atoms with Crippen molar-refractivity contribution in [1.82, 2.24) is 30.5 Å². The summed E-state index contributed by atoms with van der Waals surface area (Å²) < 4.78 is 6.64. The fraction of sp³-hybridized carbons (Fsp3) is 0.333. The Balaban J connectivity index is 1.06. The number of aromatic hydroxyl groups is 1. The summed E-state index contributed by atoms with van der Waals surface area (Å²) in [5, 5.41) is 25.3. The van der Waals surface area contributed by atoms with Crippen LogP contribution in [0.4, 0.5) is 5.69 Å². The number of hydrogen-bond donors (Lipinski definition) is 4. The van der Waals surface area contributed by atoms with Gasteiger partial charge in [0.25, 0.3) is 11.8 Å². The van der Waals surface area contributed by atoms with Crippen LogP contribution in [0.3, 0.4) is 0 Å². The average molecular weight is 578 g/mol. The Bertz CT molecular complexity index is 1630. The Morgan fingerprint density at radius 3 is 2.76 bits per heavy atom. The smallest absolute Gasteiger partial charge is 0.264 e. The first-order valence-electron chi connectivity index (χ1n) is 13.3. The number of benzene rings is 1. The normalized spacial score (nSPS) is 16.4. The second-order valence-corrected chi connectivity index (χ2v) is 9.81. The second kappa shape index (κ2) is 12.0. The molecule has 1 atom stereocenters. The number of amides is 5. The number of fused-ring (bicyclic) bond motifs is 1. The van der Waals surface area contributed by atoms with Crippen LogP contribution < -0.4 is 21.4 Å². The maximum Gasteiger partial charge on any atom is 0.264 e. The van der Waals surface area contributed by atoms with E-state index in [0.717, 1.165) is 11.2 Å². The molecule has 4 heterocycles. The molecule has 2 aliphatic heterocycles. The van der Waals surface area contributed by atoms with Crippen LogP contribution in [0, 0.1) is 0 Å². The van der Waals surface area contributed by atoms with Gasteiger partial charge in [0.15, 0.2) is 5.75 Å². The molecule has 1 saturated heterocycles. The van der Waals surface area contributed by atoms with E-state index in [-0.39, 0.29) is 55.9 Å². The second-order valence-electron chi connectivity index (χ2n) is 9.81. The standard InChI is InChI=1S/C27H27N7O8/c35-20-11-16(42-14-21(20)36)13-33-12-15(31-32-33)3-1-6-22(37)29-10-9-28-18-5-2-4-17-24(18)27(41)34(26(17)40)19-7-8-23(38)30-25(19)39/h2,4-5,11-12,14,19,28,36H,1,3,6-10,13H2,(H,29,37)(H,30,38,39). The maximum atomic E-state index is 13.1. The van der Waals surface area contributed by atoms with Crippen LogP contribution in [0.15, 0.2) is 45.9 Å². The first kappa shape index (κ1) is 28.2. The lowest BCUT2D eigenvalue weighted by atomic mass is 10.0. The number of aromatic nitrogens is 3. The van der Waals surface area contributed by atoms with E-state index in [9.17, 15) is 33.9 Å². The fourth-order valence-electron chi connectivity index (χ4n) is 4.80. The largest absolute Gasteiger partial charge is 0.502 e. The summed E-state index contributed by atoms with van der Waals surface area (Å²) >= 11 is 0. The lowest BCUT2D eigenvalue weighted by molar-refractivity contribution is -0.136. The molecule has 0 spiro atoms. The highest BCUT2D eigenvalue weighted by molar-refractivity contribution is 6.25. The predicted molar refractivity (Wildman–Crippen MR) is 143 cm³/mol. The highest BCUT2D eigenvalue weighted by atomic mass is 16.4. The monoisotopic (exact) mass is 577 g/mol. The summed E-state index contributed by atoms with van der Waals surface area (Å²) in [6.07, 6.45) is 4.02. The van der Waals surface area contributed by atoms with Crippen LogP contribution >= 0.6 is 0 Å². The summed E-state index contributed by atoms with van der Waals surface area (Å²) in [6, 6.07) is 4.90. The molecule has 1 fully saturated rings. The van der Waals surface area contributed by atoms with Gasteiger partial charge < -0.3 is 20.2 Å². The minimum Gasteiger partial charge on any atom is -0.502 e. The van der Waals surface area contributed by atoms with E-state index in [1.54, 1.807) is 18.3 Å². The molecule has 5 rings (SSSR count). The third kappa shape index (κ3) is 6.04. The zero-order valence-corrected chi connectivity index (χ0v) is 22.3. The van der Waals surface area contributed by atoms with Crippen LogP contribution in [-0.4, -0.2) is 73.7 Å². The molecule has 0 saturated carbocycles. The van der Waals surface area contributed by atoms with Crippen molar-refractivity contribution in [2.75, 3.05) is 18.4 Å². The summed E-state index contributed by atoms with van der Waals surface area (Å²) in [5.41, 5.74) is 0.839. The molecule has 15 nitrogen and oxygen atoms in total. The Morgan fingerprint density at radius 1 is 1.14 bits per heavy atom. The molecule has 2 aromatic heterocycles. The topological polar surface area (TPSA) is 206 Å². The van der Waals surface area contributed by atoms with Crippen LogP contribution in [0.1, 0.15) is 57.9 Å². The quantitative estimate of drug-likeness (QED) is 0.175. The molecule has 42 heavy (non-hydrogen) atoms. The number of nitrogens with one attached hydrogen (secondary N) is 3. The Morgan fingerprint density at radius 2 is 1.98 bits per heavy atom. The van der Waals surface area contributed by atoms with E-state index in [1.807, 2.05) is 0 Å². The third-order valence-corrected chi connectivity index (χ3v) is 6.84. The van der Waals surface area contributed by atoms with Gasteiger partial charge in [0.2, 0.25) is 23.2 Å². The molecule has 5 amide bonds. The number of carbonyl (C=O) groups excluding carboxylic acids is 5.